The van der Waals surface area contributed by atoms with Gasteiger partial charge in [-0.3, -0.25) is 4.39 Å². The van der Waals surface area contributed by atoms with Crippen molar-refractivity contribution in [1.29, 1.82) is 0 Å². The zero-order valence-corrected chi connectivity index (χ0v) is 36.7. The first-order chi connectivity index (χ1) is 29.9. The molecule has 0 amide bonds. The number of thiol groups is 1. The van der Waals surface area contributed by atoms with Gasteiger partial charge in [0.1, 0.15) is 0 Å². The maximum Gasteiger partial charge on any atom is 0.0433 e. The van der Waals surface area contributed by atoms with Crippen molar-refractivity contribution in [2.75, 3.05) is 7.15 Å². The summed E-state index contributed by atoms with van der Waals surface area (Å²) in [6.45, 7) is 0. The monoisotopic (exact) mass is 917 g/mol. The second kappa shape index (κ2) is 18.7. The molecule has 0 saturated carbocycles. The van der Waals surface area contributed by atoms with Crippen LogP contribution in [-0.2, 0) is 0 Å². The van der Waals surface area contributed by atoms with Crippen LogP contribution in [0.5, 0.6) is 0 Å². The van der Waals surface area contributed by atoms with E-state index in [9.17, 15) is 14.4 Å². The summed E-state index contributed by atoms with van der Waals surface area (Å²) in [6, 6.07) is 59.2. The van der Waals surface area contributed by atoms with E-state index in [2.05, 4.69) is 168 Å². The van der Waals surface area contributed by atoms with Crippen molar-refractivity contribution in [3.8, 4) is 0 Å². The van der Waals surface area contributed by atoms with Gasteiger partial charge in [-0.1, -0.05) is 162 Å². The minimum atomic E-state index is -1.46. The van der Waals surface area contributed by atoms with Gasteiger partial charge in [0, 0.05) is 70.4 Å². The molecule has 9 aromatic carbocycles. The Labute approximate surface area is 374 Å². The van der Waals surface area contributed by atoms with Crippen LogP contribution >= 0.6 is 62.8 Å². The van der Waals surface area contributed by atoms with E-state index in [-0.39, 0.29) is 0 Å². The number of hydrogen-bond acceptors (Lipinski definition) is 7. The van der Waals surface area contributed by atoms with Crippen LogP contribution in [0.2, 0.25) is 0 Å². The molecule has 60 heavy (non-hydrogen) atoms. The van der Waals surface area contributed by atoms with Crippen LogP contribution < -0.4 is 5.46 Å². The molecule has 0 aliphatic rings. The van der Waals surface area contributed by atoms with Crippen LogP contribution in [0.1, 0.15) is 1.37 Å². The first kappa shape index (κ1) is 40.4. The predicted molar refractivity (Wildman–Crippen MR) is 272 cm³/mol. The van der Waals surface area contributed by atoms with E-state index in [1.807, 2.05) is 65.1 Å². The summed E-state index contributed by atoms with van der Waals surface area (Å²) in [5.74, 6) is 0. The summed E-state index contributed by atoms with van der Waals surface area (Å²) in [5.41, 5.74) is 0.566. The van der Waals surface area contributed by atoms with E-state index in [4.69, 9.17) is 1.37 Å². The number of alkyl halides is 1. The molecule has 0 aliphatic carbocycles. The Morgan fingerprint density at radius 1 is 0.517 bits per heavy atom. The van der Waals surface area contributed by atoms with Crippen LogP contribution in [0, 0.1) is 0 Å². The van der Waals surface area contributed by atoms with Gasteiger partial charge in [0.25, 0.3) is 0 Å². The van der Waals surface area contributed by atoms with Crippen molar-refractivity contribution in [2.45, 2.75) is 0 Å². The zero-order valence-electron chi connectivity index (χ0n) is 32.8. The Kier molecular flexibility index (Phi) is 12.6. The zero-order chi connectivity index (χ0) is 42.5. The third kappa shape index (κ3) is 7.99. The Bertz CT molecular complexity index is 3500. The topological polar surface area (TPSA) is 52.8 Å². The van der Waals surface area contributed by atoms with Gasteiger partial charge in [-0.05, 0) is 56.7 Å². The van der Waals surface area contributed by atoms with Crippen LogP contribution in [0.3, 0.4) is 0 Å². The van der Waals surface area contributed by atoms with Crippen LogP contribution in [0.4, 0.5) is 4.39 Å². The molecular weight excluding hydrogens is 883 g/mol. The second-order valence-corrected chi connectivity index (χ2v) is 17.9. The summed E-state index contributed by atoms with van der Waals surface area (Å²) in [5, 5.41) is 34.3. The number of benzene rings is 9. The minimum Gasteiger partial charge on any atom is -0.135 e. The van der Waals surface area contributed by atoms with Gasteiger partial charge in [0.2, 0.25) is 0 Å². The summed E-state index contributed by atoms with van der Waals surface area (Å²) in [4.78, 5) is 0. The van der Waals surface area contributed by atoms with Crippen LogP contribution in [-0.4, -0.2) is 32.0 Å². The predicted octanol–water partition coefficient (Wildman–Crippen LogP) is 14.8. The first-order valence-electron chi connectivity index (χ1n) is 19.4. The minimum absolute atomic E-state index is 0.566. The number of halogens is 2. The summed E-state index contributed by atoms with van der Waals surface area (Å²) < 4.78 is 27.3. The number of thiophene rings is 3. The fraction of sp³-hybridized carbons (Fsp3) is 0.0204. The molecular formula is C49H34B2BrFNO2S4. The van der Waals surface area contributed by atoms with E-state index >= 15 is 0 Å². The van der Waals surface area contributed by atoms with Gasteiger partial charge in [-0.15, -0.1) is 34.0 Å². The molecule has 0 saturated heterocycles. The largest absolute Gasteiger partial charge is 0.135 e. The van der Waals surface area contributed by atoms with Gasteiger partial charge in [-0.25, -0.2) is 0 Å². The Morgan fingerprint density at radius 2 is 0.867 bits per heavy atom. The van der Waals surface area contributed by atoms with Gasteiger partial charge in [-0.2, -0.15) is 0 Å². The molecule has 11 heteroatoms. The molecule has 0 atom stereocenters. The first-order valence-corrected chi connectivity index (χ1v) is 22.4. The molecule has 12 aromatic rings. The van der Waals surface area contributed by atoms with Gasteiger partial charge in [0.15, 0.2) is 0 Å². The van der Waals surface area contributed by atoms with Crippen molar-refractivity contribution in [3.63, 3.8) is 0 Å². The fourth-order valence-electron chi connectivity index (χ4n) is 7.74. The fourth-order valence-corrected chi connectivity index (χ4v) is 12.0. The van der Waals surface area contributed by atoms with Crippen molar-refractivity contribution >= 4 is 176 Å². The van der Waals surface area contributed by atoms with Crippen LogP contribution in [0.15, 0.2) is 179 Å². The third-order valence-electron chi connectivity index (χ3n) is 10.3. The van der Waals surface area contributed by atoms with E-state index in [0.717, 1.165) is 16.2 Å². The number of hydrogen-bond donors (Lipinski definition) is 3. The number of fused-ring (bicyclic) bond motifs is 15. The molecule has 0 spiro atoms. The summed E-state index contributed by atoms with van der Waals surface area (Å²) in [6.07, 6.45) is 0. The van der Waals surface area contributed by atoms with Crippen LogP contribution in [0.25, 0.3) is 92.8 Å². The van der Waals surface area contributed by atoms with Crippen molar-refractivity contribution < 1.29 is 15.8 Å². The molecule has 0 bridgehead atoms. The number of nitrogens with zero attached hydrogens (tertiary/aromatic N) is 1. The van der Waals surface area contributed by atoms with Gasteiger partial charge < -0.3 is 10.0 Å². The summed E-state index contributed by atoms with van der Waals surface area (Å²) >= 11 is 12.4. The second-order valence-electron chi connectivity index (χ2n) is 13.6. The molecule has 0 fully saturated rings. The average molecular weight is 919 g/mol. The summed E-state index contributed by atoms with van der Waals surface area (Å²) in [7, 11) is 1.88. The normalized spacial score (nSPS) is 11.1. The van der Waals surface area contributed by atoms with E-state index in [1.54, 1.807) is 11.3 Å². The van der Waals surface area contributed by atoms with E-state index in [1.165, 1.54) is 81.1 Å². The van der Waals surface area contributed by atoms with E-state index in [0.29, 0.717) is 5.46 Å². The quantitative estimate of drug-likeness (QED) is 0.114. The molecule has 3 heterocycles. The maximum atomic E-state index is 9.96. The molecule has 12 rings (SSSR count). The molecule has 3 aromatic heterocycles. The van der Waals surface area contributed by atoms with Crippen molar-refractivity contribution in [1.82, 2.24) is 0 Å². The average Bonchev–Trinajstić information content (AvgIpc) is 3.99. The van der Waals surface area contributed by atoms with Gasteiger partial charge in [0.05, 0.1) is 8.52 Å². The Morgan fingerprint density at radius 3 is 1.38 bits per heavy atom. The standard InChI is InChI=1S/C16H11BO2S.C16H9BrS.C16H10S.CH3F.BHNS/c18-17(19)14-9-13-11-6-3-4-8-15(11)20-16(13)12-7-2-1-5-10(12)14;17-14-9-13-11-6-3-4-8-15(11)18-16(13)12-7-2-1-5-10(12)14;1-2-6-12-11(5-1)9-10-14-13-7-3-4-8-15(13)17-16(12)14;1-2;1-2-3/h1-9,18-19H;1-9H;1-10H;1H3;3H/i;;;1D;. The van der Waals surface area contributed by atoms with Gasteiger partial charge >= 0.3 is 31.9 Å². The smallest absolute Gasteiger partial charge is 0.0433 e. The van der Waals surface area contributed by atoms with Crippen molar-refractivity contribution in [2.24, 2.45) is 4.30 Å². The molecule has 0 unspecified atom stereocenters. The van der Waals surface area contributed by atoms with E-state index < -0.39 is 14.3 Å². The molecule has 291 valence electrons. The Balaban J connectivity index is 0.000000119. The molecule has 1 radical (unpaired) electrons. The molecule has 3 nitrogen and oxygen atoms in total. The SMILES string of the molecule is Brc1cc2c3ccccc3sc2c2ccccc12.OB(O)c1cc2c3ccccc3sc2c2ccccc12.[2H]CF.[B]=NS.c1ccc2c(c1)ccc1c3ccccc3sc21. The molecule has 0 aliphatic heterocycles. The maximum absolute atomic E-state index is 9.96. The number of rotatable bonds is 1. The molecule has 2 N–H and O–H groups in total. The van der Waals surface area contributed by atoms with Crippen molar-refractivity contribution in [3.05, 3.63) is 174 Å². The Hall–Kier alpha value is -4.97. The third-order valence-corrected chi connectivity index (χ3v) is 14.6.